The van der Waals surface area contributed by atoms with E-state index in [2.05, 4.69) is 0 Å². The van der Waals surface area contributed by atoms with Crippen LogP contribution in [-0.2, 0) is 9.84 Å². The van der Waals surface area contributed by atoms with Crippen molar-refractivity contribution in [3.8, 4) is 0 Å². The van der Waals surface area contributed by atoms with Crippen LogP contribution in [0.4, 0.5) is 0 Å². The molecule has 3 nitrogen and oxygen atoms in total. The van der Waals surface area contributed by atoms with Gasteiger partial charge < -0.3 is 4.90 Å². The van der Waals surface area contributed by atoms with Crippen LogP contribution in [0.5, 0.6) is 0 Å². The number of likely N-dealkylation sites (tertiary alicyclic amines) is 1. The maximum atomic E-state index is 12.1. The lowest BCUT2D eigenvalue weighted by Crippen LogP contribution is -2.34. The van der Waals surface area contributed by atoms with Gasteiger partial charge in [-0.15, -0.1) is 0 Å². The van der Waals surface area contributed by atoms with Gasteiger partial charge in [0, 0.05) is 22.4 Å². The molecule has 106 valence electrons. The van der Waals surface area contributed by atoms with Crippen LogP contribution in [0.3, 0.4) is 0 Å². The van der Waals surface area contributed by atoms with E-state index in [9.17, 15) is 8.42 Å². The Bertz CT molecular complexity index is 943. The third kappa shape index (κ3) is 3.80. The molecule has 1 aromatic carbocycles. The molecule has 0 N–H and O–H groups in total. The fourth-order valence-corrected chi connectivity index (χ4v) is 2.65. The number of hydrogen-bond acceptors (Lipinski definition) is 3. The first-order chi connectivity index (χ1) is 13.4. The highest BCUT2D eigenvalue weighted by Crippen LogP contribution is 2.28. The highest BCUT2D eigenvalue weighted by atomic mass is 32.2. The summed E-state index contributed by atoms with van der Waals surface area (Å²) in [5.74, 6) is -0.800. The highest BCUT2D eigenvalue weighted by Gasteiger charge is 2.21. The molecule has 1 aliphatic rings. The maximum Gasteiger partial charge on any atom is 0.175 e. The maximum absolute atomic E-state index is 12.1. The van der Waals surface area contributed by atoms with Crippen molar-refractivity contribution in [2.24, 2.45) is 0 Å². The second-order valence-corrected chi connectivity index (χ2v) is 6.49. The molecule has 1 fully saturated rings. The lowest BCUT2D eigenvalue weighted by molar-refractivity contribution is 0.208. The first-order valence-corrected chi connectivity index (χ1v) is 7.80. The zero-order valence-electron chi connectivity index (χ0n) is 21.6. The van der Waals surface area contributed by atoms with Crippen LogP contribution in [0.15, 0.2) is 29.1 Å². The predicted molar refractivity (Wildman–Crippen MR) is 78.3 cm³/mol. The fourth-order valence-electron chi connectivity index (χ4n) is 2.12. The van der Waals surface area contributed by atoms with Gasteiger partial charge in [0.2, 0.25) is 0 Å². The number of sulfone groups is 1. The van der Waals surface area contributed by atoms with Crippen LogP contribution < -0.4 is 0 Å². The van der Waals surface area contributed by atoms with E-state index in [1.165, 1.54) is 0 Å². The summed E-state index contributed by atoms with van der Waals surface area (Å²) >= 11 is 0. The van der Waals surface area contributed by atoms with Gasteiger partial charge in [-0.1, -0.05) is 18.9 Å². The molecule has 0 aliphatic carbocycles. The Morgan fingerprint density at radius 2 is 2.42 bits per heavy atom. The van der Waals surface area contributed by atoms with Crippen LogP contribution in [0.25, 0.3) is 0 Å². The van der Waals surface area contributed by atoms with Gasteiger partial charge in [-0.25, -0.2) is 8.42 Å². The molecule has 4 heteroatoms. The minimum absolute atomic E-state index is 0.0307. The molecule has 0 radical (unpaired) electrons. The third-order valence-electron chi connectivity index (χ3n) is 3.04. The summed E-state index contributed by atoms with van der Waals surface area (Å²) in [6.07, 6.45) is -1.83. The van der Waals surface area contributed by atoms with Gasteiger partial charge in [0.15, 0.2) is 9.84 Å². The Kier molecular flexibility index (Phi) is 1.87. The monoisotopic (exact) mass is 292 g/mol. The van der Waals surface area contributed by atoms with Crippen molar-refractivity contribution >= 4 is 9.84 Å². The lowest BCUT2D eigenvalue weighted by Gasteiger charge is -2.32. The molecule has 0 bridgehead atoms. The number of rotatable bonds is 4. The van der Waals surface area contributed by atoms with E-state index in [-0.39, 0.29) is 25.1 Å². The molecular weight excluding hydrogens is 258 g/mol. The van der Waals surface area contributed by atoms with Crippen LogP contribution in [-0.4, -0.2) is 39.2 Å². The van der Waals surface area contributed by atoms with Gasteiger partial charge >= 0.3 is 0 Å². The SMILES string of the molecule is [2H]c1c([2H])c(C2CCCN(C([2H])([2H])C([2H])([2H])C([2H])([2H])[2H])C2)c([2H])c(S(C)(=O)=O)c1[2H]. The van der Waals surface area contributed by atoms with Gasteiger partial charge in [0.25, 0.3) is 0 Å². The summed E-state index contributed by atoms with van der Waals surface area (Å²) in [7, 11) is -4.05. The summed E-state index contributed by atoms with van der Waals surface area (Å²) in [6, 6.07) is -2.53. The zero-order valence-corrected chi connectivity index (χ0v) is 11.4. The molecule has 0 saturated carbocycles. The van der Waals surface area contributed by atoms with Gasteiger partial charge in [0.05, 0.1) is 10.4 Å². The van der Waals surface area contributed by atoms with Crippen molar-refractivity contribution in [3.05, 3.63) is 29.7 Å². The van der Waals surface area contributed by atoms with E-state index >= 15 is 0 Å². The van der Waals surface area contributed by atoms with E-state index < -0.39 is 64.5 Å². The van der Waals surface area contributed by atoms with E-state index in [0.717, 1.165) is 11.2 Å². The fraction of sp³-hybridized carbons (Fsp3) is 0.600. The van der Waals surface area contributed by atoms with Crippen LogP contribution >= 0.6 is 0 Å². The molecule has 1 unspecified atom stereocenters. The lowest BCUT2D eigenvalue weighted by atomic mass is 9.90. The summed E-state index contributed by atoms with van der Waals surface area (Å²) < 4.78 is 110. The van der Waals surface area contributed by atoms with Crippen molar-refractivity contribution < 1.29 is 23.5 Å². The Balaban J connectivity index is 2.57. The van der Waals surface area contributed by atoms with E-state index in [4.69, 9.17) is 15.1 Å². The highest BCUT2D eigenvalue weighted by molar-refractivity contribution is 7.90. The number of piperidine rings is 1. The molecule has 1 heterocycles. The first-order valence-electron chi connectivity index (χ1n) is 11.4. The van der Waals surface area contributed by atoms with Crippen molar-refractivity contribution in [1.29, 1.82) is 0 Å². The van der Waals surface area contributed by atoms with Gasteiger partial charge in [-0.2, -0.15) is 0 Å². The molecule has 0 aromatic heterocycles. The normalized spacial score (nSPS) is 32.1. The molecule has 19 heavy (non-hydrogen) atoms. The summed E-state index contributed by atoms with van der Waals surface area (Å²) in [6.45, 7) is -6.38. The van der Waals surface area contributed by atoms with Gasteiger partial charge in [-0.3, -0.25) is 0 Å². The smallest absolute Gasteiger partial charge is 0.175 e. The Morgan fingerprint density at radius 1 is 1.58 bits per heavy atom. The molecule has 1 atom stereocenters. The summed E-state index contributed by atoms with van der Waals surface area (Å²) in [4.78, 5) is 0.307. The molecule has 1 saturated heterocycles. The molecular formula is C15H23NO2S. The van der Waals surface area contributed by atoms with Crippen molar-refractivity contribution in [2.75, 3.05) is 25.8 Å². The minimum atomic E-state index is -4.05. The Labute approximate surface area is 132 Å². The molecule has 0 spiro atoms. The quantitative estimate of drug-likeness (QED) is 0.856. The zero-order chi connectivity index (χ0) is 23.4. The first kappa shape index (κ1) is 5.86. The van der Waals surface area contributed by atoms with Crippen molar-refractivity contribution in [3.63, 3.8) is 0 Å². The van der Waals surface area contributed by atoms with E-state index in [0.29, 0.717) is 6.42 Å². The molecule has 0 amide bonds. The van der Waals surface area contributed by atoms with Crippen LogP contribution in [0.1, 0.15) is 52.6 Å². The molecule has 1 aromatic rings. The van der Waals surface area contributed by atoms with Crippen LogP contribution in [0.2, 0.25) is 0 Å². The van der Waals surface area contributed by atoms with Crippen molar-refractivity contribution in [1.82, 2.24) is 4.90 Å². The Hall–Kier alpha value is -0.870. The van der Waals surface area contributed by atoms with Gasteiger partial charge in [-0.05, 0) is 55.8 Å². The number of benzene rings is 1. The topological polar surface area (TPSA) is 37.4 Å². The minimum Gasteiger partial charge on any atom is -0.303 e. The standard InChI is InChI=1S/C15H23NO2S/c1-3-9-16-10-5-7-14(12-16)13-6-4-8-15(11-13)19(2,17)18/h4,6,8,11,14H,3,5,7,9-10,12H2,1-2H3/i1D3,3D2,4D,6D,8D,9D2,11D. The molecule has 2 rings (SSSR count). The predicted octanol–water partition coefficient (Wildman–Crippen LogP) is 2.68. The van der Waals surface area contributed by atoms with Gasteiger partial charge in [0.1, 0.15) is 0 Å². The second-order valence-electron chi connectivity index (χ2n) is 4.54. The van der Waals surface area contributed by atoms with E-state index in [1.807, 2.05) is 0 Å². The second kappa shape index (κ2) is 6.06. The van der Waals surface area contributed by atoms with Crippen LogP contribution in [0, 0.1) is 0 Å². The average Bonchev–Trinajstić information content (AvgIpc) is 2.58. The number of hydrogen-bond donors (Lipinski definition) is 0. The van der Waals surface area contributed by atoms with Crippen molar-refractivity contribution in [2.45, 2.75) is 36.9 Å². The summed E-state index contributed by atoms with van der Waals surface area (Å²) in [5.41, 5.74) is -0.133. The Morgan fingerprint density at radius 3 is 3.16 bits per heavy atom. The average molecular weight is 292 g/mol. The van der Waals surface area contributed by atoms with E-state index in [1.54, 1.807) is 0 Å². The third-order valence-corrected chi connectivity index (χ3v) is 3.98. The largest absolute Gasteiger partial charge is 0.303 e. The molecule has 1 aliphatic heterocycles. The number of nitrogens with zero attached hydrogens (tertiary/aromatic N) is 1. The summed E-state index contributed by atoms with van der Waals surface area (Å²) in [5, 5.41) is 0.